The molecule has 0 aliphatic carbocycles. The van der Waals surface area contributed by atoms with E-state index in [1.807, 2.05) is 0 Å². The first-order valence-corrected chi connectivity index (χ1v) is 9.11. The van der Waals surface area contributed by atoms with Crippen LogP contribution in [0.15, 0.2) is 0 Å². The highest BCUT2D eigenvalue weighted by Gasteiger charge is 2.22. The quantitative estimate of drug-likeness (QED) is 0.596. The summed E-state index contributed by atoms with van der Waals surface area (Å²) in [4.78, 5) is 2.76. The fourth-order valence-electron chi connectivity index (χ4n) is 3.47. The third-order valence-corrected chi connectivity index (χ3v) is 4.88. The predicted octanol–water partition coefficient (Wildman–Crippen LogP) is 4.45. The molecule has 120 valence electrons. The Balaban J connectivity index is 2.28. The van der Waals surface area contributed by atoms with Gasteiger partial charge >= 0.3 is 0 Å². The molecule has 1 saturated heterocycles. The number of hydrogen-bond acceptors (Lipinski definition) is 2. The van der Waals surface area contributed by atoms with Crippen LogP contribution in [0.5, 0.6) is 0 Å². The van der Waals surface area contributed by atoms with Crippen molar-refractivity contribution in [2.45, 2.75) is 91.1 Å². The second kappa shape index (κ2) is 10.6. The summed E-state index contributed by atoms with van der Waals surface area (Å²) < 4.78 is 0. The van der Waals surface area contributed by atoms with Crippen LogP contribution < -0.4 is 5.32 Å². The monoisotopic (exact) mass is 282 g/mol. The number of piperidine rings is 1. The third-order valence-electron chi connectivity index (χ3n) is 4.88. The Morgan fingerprint density at radius 2 is 1.65 bits per heavy atom. The summed E-state index contributed by atoms with van der Waals surface area (Å²) in [6.45, 7) is 13.2. The molecule has 1 heterocycles. The molecule has 0 spiro atoms. The minimum Gasteiger partial charge on any atom is -0.317 e. The number of rotatable bonds is 10. The first-order valence-electron chi connectivity index (χ1n) is 9.11. The summed E-state index contributed by atoms with van der Waals surface area (Å²) in [5, 5.41) is 3.48. The van der Waals surface area contributed by atoms with Gasteiger partial charge in [-0.05, 0) is 59.0 Å². The SMILES string of the molecule is CCCCCCCC(C)N(CC1CCNCC1)C(C)C. The molecule has 1 fully saturated rings. The lowest BCUT2D eigenvalue weighted by molar-refractivity contribution is 0.118. The van der Waals surface area contributed by atoms with Crippen LogP contribution >= 0.6 is 0 Å². The number of nitrogens with one attached hydrogen (secondary N) is 1. The van der Waals surface area contributed by atoms with Crippen LogP contribution in [0.2, 0.25) is 0 Å². The van der Waals surface area contributed by atoms with Crippen molar-refractivity contribution in [3.05, 3.63) is 0 Å². The first-order chi connectivity index (χ1) is 9.65. The lowest BCUT2D eigenvalue weighted by Gasteiger charge is -2.37. The van der Waals surface area contributed by atoms with Crippen molar-refractivity contribution in [2.75, 3.05) is 19.6 Å². The topological polar surface area (TPSA) is 15.3 Å². The first kappa shape index (κ1) is 18.0. The fourth-order valence-corrected chi connectivity index (χ4v) is 3.47. The number of unbranched alkanes of at least 4 members (excludes halogenated alkanes) is 4. The van der Waals surface area contributed by atoms with Gasteiger partial charge < -0.3 is 5.32 Å². The highest BCUT2D eigenvalue weighted by atomic mass is 15.2. The normalized spacial score (nSPS) is 18.9. The Labute approximate surface area is 127 Å². The molecule has 1 N–H and O–H groups in total. The maximum atomic E-state index is 3.48. The number of hydrogen-bond donors (Lipinski definition) is 1. The Bertz CT molecular complexity index is 221. The smallest absolute Gasteiger partial charge is 0.00697 e. The molecule has 20 heavy (non-hydrogen) atoms. The van der Waals surface area contributed by atoms with E-state index in [1.165, 1.54) is 71.0 Å². The zero-order valence-electron chi connectivity index (χ0n) is 14.5. The van der Waals surface area contributed by atoms with E-state index in [2.05, 4.69) is 37.9 Å². The predicted molar refractivity (Wildman–Crippen MR) is 90.3 cm³/mol. The molecular weight excluding hydrogens is 244 g/mol. The largest absolute Gasteiger partial charge is 0.317 e. The molecule has 0 bridgehead atoms. The van der Waals surface area contributed by atoms with E-state index in [9.17, 15) is 0 Å². The van der Waals surface area contributed by atoms with Crippen molar-refractivity contribution >= 4 is 0 Å². The van der Waals surface area contributed by atoms with Gasteiger partial charge in [0.2, 0.25) is 0 Å². The van der Waals surface area contributed by atoms with E-state index >= 15 is 0 Å². The fraction of sp³-hybridized carbons (Fsp3) is 1.00. The summed E-state index contributed by atoms with van der Waals surface area (Å²) in [5.41, 5.74) is 0. The van der Waals surface area contributed by atoms with Gasteiger partial charge in [0.1, 0.15) is 0 Å². The van der Waals surface area contributed by atoms with Crippen LogP contribution in [0.3, 0.4) is 0 Å². The van der Waals surface area contributed by atoms with Gasteiger partial charge in [0.15, 0.2) is 0 Å². The molecule has 1 aliphatic heterocycles. The van der Waals surface area contributed by atoms with Crippen molar-refractivity contribution in [3.8, 4) is 0 Å². The zero-order chi connectivity index (χ0) is 14.8. The van der Waals surface area contributed by atoms with Gasteiger partial charge in [-0.2, -0.15) is 0 Å². The van der Waals surface area contributed by atoms with Crippen molar-refractivity contribution in [1.82, 2.24) is 10.2 Å². The minimum atomic E-state index is 0.690. The van der Waals surface area contributed by atoms with E-state index < -0.39 is 0 Å². The van der Waals surface area contributed by atoms with Crippen molar-refractivity contribution in [3.63, 3.8) is 0 Å². The minimum absolute atomic E-state index is 0.690. The summed E-state index contributed by atoms with van der Waals surface area (Å²) in [5.74, 6) is 0.918. The molecule has 0 saturated carbocycles. The zero-order valence-corrected chi connectivity index (χ0v) is 14.5. The van der Waals surface area contributed by atoms with Gasteiger partial charge in [-0.3, -0.25) is 4.90 Å². The summed E-state index contributed by atoms with van der Waals surface area (Å²) in [6, 6.07) is 1.45. The Morgan fingerprint density at radius 1 is 1.00 bits per heavy atom. The van der Waals surface area contributed by atoms with Gasteiger partial charge in [-0.25, -0.2) is 0 Å². The molecule has 1 atom stereocenters. The van der Waals surface area contributed by atoms with Gasteiger partial charge in [0, 0.05) is 18.6 Å². The van der Waals surface area contributed by atoms with E-state index in [-0.39, 0.29) is 0 Å². The average molecular weight is 283 g/mol. The molecule has 1 unspecified atom stereocenters. The summed E-state index contributed by atoms with van der Waals surface area (Å²) in [6.07, 6.45) is 11.2. The summed E-state index contributed by atoms with van der Waals surface area (Å²) in [7, 11) is 0. The van der Waals surface area contributed by atoms with Crippen LogP contribution in [0.4, 0.5) is 0 Å². The van der Waals surface area contributed by atoms with Gasteiger partial charge in [-0.1, -0.05) is 39.0 Å². The van der Waals surface area contributed by atoms with Crippen LogP contribution in [-0.2, 0) is 0 Å². The highest BCUT2D eigenvalue weighted by Crippen LogP contribution is 2.20. The van der Waals surface area contributed by atoms with Crippen LogP contribution in [0.25, 0.3) is 0 Å². The number of nitrogens with zero attached hydrogens (tertiary/aromatic N) is 1. The van der Waals surface area contributed by atoms with Crippen molar-refractivity contribution in [2.24, 2.45) is 5.92 Å². The standard InChI is InChI=1S/C18H38N2/c1-5-6-7-8-9-10-17(4)20(16(2)3)15-18-11-13-19-14-12-18/h16-19H,5-15H2,1-4H3. The molecular formula is C18H38N2. The third kappa shape index (κ3) is 7.08. The molecule has 2 heteroatoms. The van der Waals surface area contributed by atoms with E-state index in [0.717, 1.165) is 12.0 Å². The van der Waals surface area contributed by atoms with Gasteiger partial charge in [0.25, 0.3) is 0 Å². The van der Waals surface area contributed by atoms with E-state index in [1.54, 1.807) is 0 Å². The molecule has 0 aromatic carbocycles. The van der Waals surface area contributed by atoms with Gasteiger partial charge in [0.05, 0.1) is 0 Å². The van der Waals surface area contributed by atoms with Crippen LogP contribution in [0, 0.1) is 5.92 Å². The van der Waals surface area contributed by atoms with E-state index in [0.29, 0.717) is 6.04 Å². The molecule has 1 rings (SSSR count). The van der Waals surface area contributed by atoms with Gasteiger partial charge in [-0.15, -0.1) is 0 Å². The molecule has 1 aliphatic rings. The molecule has 2 nitrogen and oxygen atoms in total. The lowest BCUT2D eigenvalue weighted by atomic mass is 9.95. The summed E-state index contributed by atoms with van der Waals surface area (Å²) >= 11 is 0. The molecule has 0 amide bonds. The maximum absolute atomic E-state index is 3.48. The maximum Gasteiger partial charge on any atom is 0.00697 e. The van der Waals surface area contributed by atoms with Crippen LogP contribution in [0.1, 0.15) is 79.1 Å². The lowest BCUT2D eigenvalue weighted by Crippen LogP contribution is -2.44. The van der Waals surface area contributed by atoms with Crippen LogP contribution in [-0.4, -0.2) is 36.6 Å². The Kier molecular flexibility index (Phi) is 9.54. The molecule has 0 radical (unpaired) electrons. The highest BCUT2D eigenvalue weighted by molar-refractivity contribution is 4.77. The second-order valence-electron chi connectivity index (χ2n) is 7.04. The molecule has 0 aromatic heterocycles. The average Bonchev–Trinajstić information content (AvgIpc) is 2.45. The second-order valence-corrected chi connectivity index (χ2v) is 7.04. The van der Waals surface area contributed by atoms with Crippen molar-refractivity contribution in [1.29, 1.82) is 0 Å². The van der Waals surface area contributed by atoms with E-state index in [4.69, 9.17) is 0 Å². The Morgan fingerprint density at radius 3 is 2.25 bits per heavy atom. The Hall–Kier alpha value is -0.0800. The molecule has 0 aromatic rings. The van der Waals surface area contributed by atoms with Crippen molar-refractivity contribution < 1.29 is 0 Å².